The summed E-state index contributed by atoms with van der Waals surface area (Å²) >= 11 is 0. The molecule has 1 fully saturated rings. The monoisotopic (exact) mass is 277 g/mol. The average Bonchev–Trinajstić information content (AvgIpc) is 2.93. The fourth-order valence-corrected chi connectivity index (χ4v) is 2.83. The Morgan fingerprint density at radius 3 is 2.85 bits per heavy atom. The van der Waals surface area contributed by atoms with Gasteiger partial charge in [0.2, 0.25) is 0 Å². The number of methoxy groups -OCH3 is 1. The van der Waals surface area contributed by atoms with Crippen molar-refractivity contribution < 1.29 is 9.53 Å². The van der Waals surface area contributed by atoms with E-state index in [-0.39, 0.29) is 6.03 Å². The molecule has 1 aromatic carbocycles. The number of nitrogens with two attached hydrogens (primary N) is 1. The minimum Gasteiger partial charge on any atom is -0.495 e. The lowest BCUT2D eigenvalue weighted by atomic mass is 9.96. The van der Waals surface area contributed by atoms with Crippen LogP contribution in [0.25, 0.3) is 0 Å². The molecule has 1 saturated carbocycles. The Bertz CT molecular complexity index is 450. The molecule has 2 amide bonds. The second-order valence-electron chi connectivity index (χ2n) is 5.22. The largest absolute Gasteiger partial charge is 0.495 e. The fourth-order valence-electron chi connectivity index (χ4n) is 2.83. The SMILES string of the molecule is COc1ccccc1NC(=O)NCC1CCCC1CN. The van der Waals surface area contributed by atoms with Crippen molar-refractivity contribution in [2.24, 2.45) is 17.6 Å². The molecule has 0 radical (unpaired) electrons. The quantitative estimate of drug-likeness (QED) is 0.772. The number of rotatable bonds is 5. The first-order valence-corrected chi connectivity index (χ1v) is 7.12. The molecule has 0 aromatic heterocycles. The number of hydrogen-bond donors (Lipinski definition) is 3. The van der Waals surface area contributed by atoms with Crippen molar-refractivity contribution in [1.29, 1.82) is 0 Å². The molecule has 2 unspecified atom stereocenters. The third kappa shape index (κ3) is 3.63. The molecule has 0 heterocycles. The van der Waals surface area contributed by atoms with Crippen LogP contribution in [0, 0.1) is 11.8 Å². The van der Waals surface area contributed by atoms with E-state index in [2.05, 4.69) is 10.6 Å². The molecule has 1 aliphatic carbocycles. The fraction of sp³-hybridized carbons (Fsp3) is 0.533. The lowest BCUT2D eigenvalue weighted by molar-refractivity contribution is 0.248. The number of nitrogens with one attached hydrogen (secondary N) is 2. The van der Waals surface area contributed by atoms with Gasteiger partial charge in [0.1, 0.15) is 5.75 Å². The van der Waals surface area contributed by atoms with Gasteiger partial charge < -0.3 is 21.1 Å². The van der Waals surface area contributed by atoms with Gasteiger partial charge in [0, 0.05) is 6.54 Å². The highest BCUT2D eigenvalue weighted by Crippen LogP contribution is 2.30. The third-order valence-electron chi connectivity index (χ3n) is 4.00. The third-order valence-corrected chi connectivity index (χ3v) is 4.00. The average molecular weight is 277 g/mol. The van der Waals surface area contributed by atoms with E-state index in [0.717, 1.165) is 6.42 Å². The summed E-state index contributed by atoms with van der Waals surface area (Å²) < 4.78 is 5.20. The zero-order valence-electron chi connectivity index (χ0n) is 11.9. The summed E-state index contributed by atoms with van der Waals surface area (Å²) in [6, 6.07) is 7.16. The van der Waals surface area contributed by atoms with Crippen LogP contribution >= 0.6 is 0 Å². The summed E-state index contributed by atoms with van der Waals surface area (Å²) in [5, 5.41) is 5.74. The number of carbonyl (C=O) groups is 1. The highest BCUT2D eigenvalue weighted by atomic mass is 16.5. The second-order valence-corrected chi connectivity index (χ2v) is 5.22. The Balaban J connectivity index is 1.83. The molecule has 20 heavy (non-hydrogen) atoms. The predicted octanol–water partition coefficient (Wildman–Crippen LogP) is 2.19. The molecule has 1 aliphatic rings. The van der Waals surface area contributed by atoms with E-state index in [9.17, 15) is 4.79 Å². The maximum absolute atomic E-state index is 11.9. The molecule has 0 spiro atoms. The molecule has 0 saturated heterocycles. The summed E-state index contributed by atoms with van der Waals surface area (Å²) in [7, 11) is 1.59. The molecule has 5 heteroatoms. The second kappa shape index (κ2) is 7.14. The van der Waals surface area contributed by atoms with Crippen molar-refractivity contribution in [2.75, 3.05) is 25.5 Å². The number of para-hydroxylation sites is 2. The van der Waals surface area contributed by atoms with E-state index in [4.69, 9.17) is 10.5 Å². The molecule has 5 nitrogen and oxygen atoms in total. The van der Waals surface area contributed by atoms with Crippen LogP contribution in [0.15, 0.2) is 24.3 Å². The van der Waals surface area contributed by atoms with Crippen molar-refractivity contribution in [3.8, 4) is 5.75 Å². The molecule has 2 rings (SSSR count). The first kappa shape index (κ1) is 14.7. The summed E-state index contributed by atoms with van der Waals surface area (Å²) in [6.07, 6.45) is 3.54. The normalized spacial score (nSPS) is 21.5. The highest BCUT2D eigenvalue weighted by molar-refractivity contribution is 5.90. The molecule has 1 aromatic rings. The number of ether oxygens (including phenoxy) is 1. The van der Waals surface area contributed by atoms with Crippen LogP contribution in [-0.2, 0) is 0 Å². The molecule has 0 aliphatic heterocycles. The minimum atomic E-state index is -0.197. The minimum absolute atomic E-state index is 0.197. The van der Waals surface area contributed by atoms with Crippen LogP contribution in [-0.4, -0.2) is 26.2 Å². The van der Waals surface area contributed by atoms with E-state index in [1.54, 1.807) is 7.11 Å². The maximum Gasteiger partial charge on any atom is 0.319 e. The number of anilines is 1. The molecule has 110 valence electrons. The Morgan fingerprint density at radius 1 is 1.35 bits per heavy atom. The summed E-state index contributed by atoms with van der Waals surface area (Å²) in [5.74, 6) is 1.70. The number of urea groups is 1. The summed E-state index contributed by atoms with van der Waals surface area (Å²) in [4.78, 5) is 11.9. The van der Waals surface area contributed by atoms with Crippen molar-refractivity contribution in [3.05, 3.63) is 24.3 Å². The van der Waals surface area contributed by atoms with Crippen LogP contribution in [0.4, 0.5) is 10.5 Å². The van der Waals surface area contributed by atoms with E-state index >= 15 is 0 Å². The molecule has 4 N–H and O–H groups in total. The van der Waals surface area contributed by atoms with Gasteiger partial charge in [-0.05, 0) is 43.4 Å². The Labute approximate surface area is 119 Å². The summed E-state index contributed by atoms with van der Waals surface area (Å²) in [6.45, 7) is 1.39. The van der Waals surface area contributed by atoms with Gasteiger partial charge in [-0.2, -0.15) is 0 Å². The van der Waals surface area contributed by atoms with E-state index in [1.807, 2.05) is 24.3 Å². The number of hydrogen-bond acceptors (Lipinski definition) is 3. The molecular formula is C15H23N3O2. The van der Waals surface area contributed by atoms with E-state index < -0.39 is 0 Å². The van der Waals surface area contributed by atoms with Gasteiger partial charge >= 0.3 is 6.03 Å². The van der Waals surface area contributed by atoms with Crippen molar-refractivity contribution in [3.63, 3.8) is 0 Å². The smallest absolute Gasteiger partial charge is 0.319 e. The topological polar surface area (TPSA) is 76.4 Å². The van der Waals surface area contributed by atoms with Crippen LogP contribution in [0.3, 0.4) is 0 Å². The number of amides is 2. The van der Waals surface area contributed by atoms with Crippen LogP contribution < -0.4 is 21.1 Å². The van der Waals surface area contributed by atoms with Gasteiger partial charge in [-0.25, -0.2) is 4.79 Å². The van der Waals surface area contributed by atoms with E-state index in [1.165, 1.54) is 12.8 Å². The van der Waals surface area contributed by atoms with Crippen LogP contribution in [0.1, 0.15) is 19.3 Å². The standard InChI is InChI=1S/C15H23N3O2/c1-20-14-8-3-2-7-13(14)18-15(19)17-10-12-6-4-5-11(12)9-16/h2-3,7-8,11-12H,4-6,9-10,16H2,1H3,(H2,17,18,19). The van der Waals surface area contributed by atoms with Gasteiger partial charge in [0.25, 0.3) is 0 Å². The maximum atomic E-state index is 11.9. The zero-order chi connectivity index (χ0) is 14.4. The lowest BCUT2D eigenvalue weighted by Crippen LogP contribution is -2.35. The zero-order valence-corrected chi connectivity index (χ0v) is 11.9. The number of benzene rings is 1. The Morgan fingerprint density at radius 2 is 2.10 bits per heavy atom. The first-order valence-electron chi connectivity index (χ1n) is 7.12. The molecule has 2 atom stereocenters. The highest BCUT2D eigenvalue weighted by Gasteiger charge is 2.26. The van der Waals surface area contributed by atoms with Crippen molar-refractivity contribution in [2.45, 2.75) is 19.3 Å². The van der Waals surface area contributed by atoms with Gasteiger partial charge in [0.15, 0.2) is 0 Å². The van der Waals surface area contributed by atoms with E-state index in [0.29, 0.717) is 36.4 Å². The van der Waals surface area contributed by atoms with Gasteiger partial charge in [-0.3, -0.25) is 0 Å². The predicted molar refractivity (Wildman–Crippen MR) is 79.9 cm³/mol. The Hall–Kier alpha value is -1.75. The van der Waals surface area contributed by atoms with Gasteiger partial charge in [0.05, 0.1) is 12.8 Å². The van der Waals surface area contributed by atoms with Gasteiger partial charge in [-0.15, -0.1) is 0 Å². The first-order chi connectivity index (χ1) is 9.74. The number of carbonyl (C=O) groups excluding carboxylic acids is 1. The van der Waals surface area contributed by atoms with Gasteiger partial charge in [-0.1, -0.05) is 18.6 Å². The van der Waals surface area contributed by atoms with Crippen molar-refractivity contribution in [1.82, 2.24) is 5.32 Å². The van der Waals surface area contributed by atoms with Crippen LogP contribution in [0.2, 0.25) is 0 Å². The van der Waals surface area contributed by atoms with Crippen LogP contribution in [0.5, 0.6) is 5.75 Å². The Kier molecular flexibility index (Phi) is 5.24. The lowest BCUT2D eigenvalue weighted by Gasteiger charge is -2.18. The summed E-state index contributed by atoms with van der Waals surface area (Å²) in [5.41, 5.74) is 6.42. The molecule has 0 bridgehead atoms. The van der Waals surface area contributed by atoms with Crippen molar-refractivity contribution >= 4 is 11.7 Å². The molecular weight excluding hydrogens is 254 g/mol.